The topological polar surface area (TPSA) is 111 Å². The molecule has 0 aliphatic heterocycles. The molecule has 8 nitrogen and oxygen atoms in total. The molecule has 0 aromatic rings. The van der Waals surface area contributed by atoms with Crippen molar-refractivity contribution in [1.29, 1.82) is 0 Å². The van der Waals surface area contributed by atoms with Crippen LogP contribution in [0.25, 0.3) is 0 Å². The molecule has 0 heterocycles. The van der Waals surface area contributed by atoms with E-state index in [1.165, 1.54) is 0 Å². The molecule has 20 heavy (non-hydrogen) atoms. The normalized spacial score (nSPS) is 13.8. The summed E-state index contributed by atoms with van der Waals surface area (Å²) in [6.07, 6.45) is -1.13. The zero-order valence-corrected chi connectivity index (χ0v) is 13.3. The van der Waals surface area contributed by atoms with Crippen molar-refractivity contribution in [3.63, 3.8) is 0 Å². The Kier molecular flexibility index (Phi) is 6.42. The Morgan fingerprint density at radius 2 is 1.65 bits per heavy atom. The summed E-state index contributed by atoms with van der Waals surface area (Å²) in [7, 11) is -3.08. The van der Waals surface area contributed by atoms with E-state index in [9.17, 15) is 18.0 Å². The van der Waals surface area contributed by atoms with Crippen molar-refractivity contribution >= 4 is 22.3 Å². The van der Waals surface area contributed by atoms with Crippen LogP contribution in [0.2, 0.25) is 0 Å². The van der Waals surface area contributed by atoms with Gasteiger partial charge < -0.3 is 9.47 Å². The average molecular weight is 310 g/mol. The van der Waals surface area contributed by atoms with Crippen LogP contribution in [0.15, 0.2) is 0 Å². The van der Waals surface area contributed by atoms with Crippen LogP contribution in [-0.2, 0) is 24.5 Å². The molecule has 0 aliphatic rings. The highest BCUT2D eigenvalue weighted by atomic mass is 32.2. The third kappa shape index (κ3) is 7.29. The van der Waals surface area contributed by atoms with Crippen molar-refractivity contribution in [2.24, 2.45) is 5.92 Å². The van der Waals surface area contributed by atoms with Gasteiger partial charge in [-0.1, -0.05) is 13.8 Å². The molecule has 0 saturated carbocycles. The monoisotopic (exact) mass is 310 g/mol. The smallest absolute Gasteiger partial charge is 0.422 e. The van der Waals surface area contributed by atoms with Gasteiger partial charge in [-0.3, -0.25) is 4.79 Å². The Balaban J connectivity index is 4.81. The van der Waals surface area contributed by atoms with Gasteiger partial charge in [0.05, 0.1) is 7.11 Å². The zero-order chi connectivity index (χ0) is 16.1. The van der Waals surface area contributed by atoms with Gasteiger partial charge in [-0.25, -0.2) is 9.52 Å². The average Bonchev–Trinajstić information content (AvgIpc) is 2.20. The lowest BCUT2D eigenvalue weighted by Gasteiger charge is -2.22. The van der Waals surface area contributed by atoms with Crippen LogP contribution in [0.5, 0.6) is 0 Å². The van der Waals surface area contributed by atoms with Crippen LogP contribution in [-0.4, -0.2) is 39.2 Å². The molecule has 1 atom stereocenters. The summed E-state index contributed by atoms with van der Waals surface area (Å²) in [6.45, 7) is 8.06. The maximum absolute atomic E-state index is 11.7. The summed E-state index contributed by atoms with van der Waals surface area (Å²) in [5, 5.41) is 0. The number of nitrogens with one attached hydrogen (secondary N) is 2. The lowest BCUT2D eigenvalue weighted by molar-refractivity contribution is -0.143. The highest BCUT2D eigenvalue weighted by Gasteiger charge is 2.30. The first-order chi connectivity index (χ1) is 8.88. The third-order valence-corrected chi connectivity index (χ3v) is 3.02. The van der Waals surface area contributed by atoms with Crippen molar-refractivity contribution in [3.05, 3.63) is 0 Å². The Morgan fingerprint density at radius 3 is 2.00 bits per heavy atom. The Morgan fingerprint density at radius 1 is 1.15 bits per heavy atom. The minimum atomic E-state index is -4.23. The van der Waals surface area contributed by atoms with Crippen molar-refractivity contribution in [2.75, 3.05) is 7.11 Å². The van der Waals surface area contributed by atoms with E-state index in [1.54, 1.807) is 39.3 Å². The quantitative estimate of drug-likeness (QED) is 0.717. The summed E-state index contributed by atoms with van der Waals surface area (Å²) >= 11 is 0. The molecule has 0 aromatic carbocycles. The van der Waals surface area contributed by atoms with Crippen LogP contribution in [0.3, 0.4) is 0 Å². The standard InChI is InChI=1S/C11H22N2O6S/c1-7(2)8(9(14)18-6)12-20(16,17)13-10(15)19-11(3,4)5/h7-8,12H,1-6H3,(H,13,15)/t8-/m0/s1. The van der Waals surface area contributed by atoms with Crippen LogP contribution in [0.1, 0.15) is 34.6 Å². The molecule has 0 fully saturated rings. The molecule has 9 heteroatoms. The molecule has 2 N–H and O–H groups in total. The van der Waals surface area contributed by atoms with Gasteiger partial charge in [0, 0.05) is 0 Å². The fourth-order valence-electron chi connectivity index (χ4n) is 1.19. The number of carbonyl (C=O) groups is 2. The molecular formula is C11H22N2O6S. The molecule has 0 aliphatic carbocycles. The summed E-state index contributed by atoms with van der Waals surface area (Å²) in [6, 6.07) is -1.10. The van der Waals surface area contributed by atoms with Crippen molar-refractivity contribution in [1.82, 2.24) is 9.44 Å². The van der Waals surface area contributed by atoms with Crippen molar-refractivity contribution in [3.8, 4) is 0 Å². The van der Waals surface area contributed by atoms with Crippen molar-refractivity contribution < 1.29 is 27.5 Å². The van der Waals surface area contributed by atoms with Crippen LogP contribution in [0.4, 0.5) is 4.79 Å². The van der Waals surface area contributed by atoms with E-state index in [2.05, 4.69) is 4.74 Å². The molecule has 1 amide bonds. The number of hydrogen-bond donors (Lipinski definition) is 2. The van der Waals surface area contributed by atoms with Gasteiger partial charge in [-0.05, 0) is 26.7 Å². The number of rotatable bonds is 5. The zero-order valence-electron chi connectivity index (χ0n) is 12.5. The van der Waals surface area contributed by atoms with Gasteiger partial charge in [0.1, 0.15) is 11.6 Å². The summed E-state index contributed by atoms with van der Waals surface area (Å²) in [5.41, 5.74) is -0.834. The second-order valence-corrected chi connectivity index (χ2v) is 6.92. The predicted molar refractivity (Wildman–Crippen MR) is 72.1 cm³/mol. The minimum absolute atomic E-state index is 0.349. The van der Waals surface area contributed by atoms with Gasteiger partial charge in [-0.15, -0.1) is 0 Å². The molecule has 0 saturated heterocycles. The molecule has 0 radical (unpaired) electrons. The van der Waals surface area contributed by atoms with Crippen LogP contribution in [0, 0.1) is 5.92 Å². The molecule has 0 unspecified atom stereocenters. The van der Waals surface area contributed by atoms with E-state index in [0.717, 1.165) is 7.11 Å². The summed E-state index contributed by atoms with van der Waals surface area (Å²) < 4.78 is 36.5. The SMILES string of the molecule is COC(=O)[C@@H](NS(=O)(=O)NC(=O)OC(C)(C)C)C(C)C. The Labute approximate surface area is 119 Å². The Hall–Kier alpha value is -1.35. The largest absolute Gasteiger partial charge is 0.468 e. The highest BCUT2D eigenvalue weighted by molar-refractivity contribution is 7.88. The van der Waals surface area contributed by atoms with Crippen LogP contribution >= 0.6 is 0 Å². The summed E-state index contributed by atoms with van der Waals surface area (Å²) in [4.78, 5) is 22.8. The lowest BCUT2D eigenvalue weighted by Crippen LogP contribution is -2.51. The number of esters is 1. The summed E-state index contributed by atoms with van der Waals surface area (Å²) in [5.74, 6) is -1.09. The number of carbonyl (C=O) groups excluding carboxylic acids is 2. The number of ether oxygens (including phenoxy) is 2. The molecule has 0 spiro atoms. The van der Waals surface area contributed by atoms with E-state index in [-0.39, 0.29) is 5.92 Å². The fourth-order valence-corrected chi connectivity index (χ4v) is 2.21. The minimum Gasteiger partial charge on any atom is -0.468 e. The molecule has 118 valence electrons. The van der Waals surface area contributed by atoms with E-state index in [1.807, 2.05) is 4.72 Å². The van der Waals surface area contributed by atoms with Gasteiger partial charge in [0.15, 0.2) is 0 Å². The van der Waals surface area contributed by atoms with E-state index in [0.29, 0.717) is 0 Å². The number of amides is 1. The maximum Gasteiger partial charge on any atom is 0.422 e. The van der Waals surface area contributed by atoms with Crippen molar-refractivity contribution in [2.45, 2.75) is 46.3 Å². The lowest BCUT2D eigenvalue weighted by atomic mass is 10.1. The van der Waals surface area contributed by atoms with Gasteiger partial charge >= 0.3 is 22.3 Å². The molecule has 0 bridgehead atoms. The second kappa shape index (κ2) is 6.89. The molecule has 0 aromatic heterocycles. The number of hydrogen-bond acceptors (Lipinski definition) is 6. The van der Waals surface area contributed by atoms with E-state index in [4.69, 9.17) is 4.74 Å². The molecule has 0 rings (SSSR count). The number of methoxy groups -OCH3 is 1. The fraction of sp³-hybridized carbons (Fsp3) is 0.818. The predicted octanol–water partition coefficient (Wildman–Crippen LogP) is 0.543. The first kappa shape index (κ1) is 18.7. The third-order valence-electron chi connectivity index (χ3n) is 2.02. The van der Waals surface area contributed by atoms with Gasteiger partial charge in [-0.2, -0.15) is 13.1 Å². The first-order valence-electron chi connectivity index (χ1n) is 5.99. The van der Waals surface area contributed by atoms with Crippen LogP contribution < -0.4 is 9.44 Å². The first-order valence-corrected chi connectivity index (χ1v) is 7.47. The Bertz CT molecular complexity index is 452. The van der Waals surface area contributed by atoms with E-state index < -0.39 is 33.9 Å². The second-order valence-electron chi connectivity index (χ2n) is 5.47. The van der Waals surface area contributed by atoms with E-state index >= 15 is 0 Å². The maximum atomic E-state index is 11.7. The molecular weight excluding hydrogens is 288 g/mol. The highest BCUT2D eigenvalue weighted by Crippen LogP contribution is 2.08. The van der Waals surface area contributed by atoms with Gasteiger partial charge in [0.25, 0.3) is 0 Å². The van der Waals surface area contributed by atoms with Gasteiger partial charge in [0.2, 0.25) is 0 Å².